The average molecular weight is 158 g/mol. The van der Waals surface area contributed by atoms with Gasteiger partial charge < -0.3 is 10.2 Å². The second-order valence-corrected chi connectivity index (χ2v) is 1.52. The molecule has 1 aromatic rings. The Hall–Kier alpha value is -1.08. The van der Waals surface area contributed by atoms with E-state index in [1.165, 1.54) is 24.3 Å². The third-order valence-corrected chi connectivity index (χ3v) is 0.850. The molecule has 4 heteroatoms. The third-order valence-electron chi connectivity index (χ3n) is 0.850. The molecule has 1 rings (SSSR count). The third kappa shape index (κ3) is 3.05. The number of phenolic OH excluding ortho intramolecular Hbond substituents is 2. The zero-order valence-electron chi connectivity index (χ0n) is 5.11. The van der Waals surface area contributed by atoms with Crippen molar-refractivity contribution < 1.29 is 14.8 Å². The van der Waals surface area contributed by atoms with Gasteiger partial charge >= 0.3 is 0 Å². The van der Waals surface area contributed by atoms with Crippen molar-refractivity contribution in [3.05, 3.63) is 24.3 Å². The Bertz CT molecular complexity index is 164. The quantitative estimate of drug-likeness (QED) is 0.445. The molecule has 0 unspecified atom stereocenters. The maximum absolute atomic E-state index is 8.65. The lowest BCUT2D eigenvalue weighted by atomic mass is 10.3. The van der Waals surface area contributed by atoms with E-state index in [0.29, 0.717) is 0 Å². The van der Waals surface area contributed by atoms with E-state index in [1.807, 2.05) is 0 Å². The molecule has 0 amide bonds. The molecule has 0 heterocycles. The second-order valence-electron chi connectivity index (χ2n) is 1.52. The van der Waals surface area contributed by atoms with Gasteiger partial charge in [-0.2, -0.15) is 0 Å². The van der Waals surface area contributed by atoms with Gasteiger partial charge in [0.05, 0.1) is 0 Å². The van der Waals surface area contributed by atoms with Crippen molar-refractivity contribution in [2.24, 2.45) is 0 Å². The molecule has 3 nitrogen and oxygen atoms in total. The van der Waals surface area contributed by atoms with Crippen LogP contribution < -0.4 is 0 Å². The Morgan fingerprint density at radius 3 is 1.30 bits per heavy atom. The van der Waals surface area contributed by atoms with Gasteiger partial charge in [0, 0.05) is 0 Å². The summed E-state index contributed by atoms with van der Waals surface area (Å²) in [6.45, 7) is 0. The molecule has 54 valence electrons. The molecule has 0 bridgehead atoms. The van der Waals surface area contributed by atoms with Gasteiger partial charge in [-0.05, 0) is 24.3 Å². The summed E-state index contributed by atoms with van der Waals surface area (Å²) in [5, 5.41) is 17.3. The van der Waals surface area contributed by atoms with E-state index in [4.69, 9.17) is 14.8 Å². The normalized spacial score (nSPS) is 7.60. The Morgan fingerprint density at radius 2 is 1.10 bits per heavy atom. The fraction of sp³-hybridized carbons (Fsp3) is 0. The highest BCUT2D eigenvalue weighted by molar-refractivity contribution is 7.00. The van der Waals surface area contributed by atoms with E-state index < -0.39 is 0 Å². The van der Waals surface area contributed by atoms with E-state index in [0.717, 1.165) is 0 Å². The molecule has 0 saturated heterocycles. The number of hydrogen-bond acceptors (Lipinski definition) is 3. The van der Waals surface area contributed by atoms with E-state index in [-0.39, 0.29) is 11.5 Å². The van der Waals surface area contributed by atoms with Crippen molar-refractivity contribution in [2.75, 3.05) is 0 Å². The van der Waals surface area contributed by atoms with Crippen molar-refractivity contribution >= 4 is 9.12 Å². The molecule has 0 aliphatic carbocycles. The van der Waals surface area contributed by atoms with Gasteiger partial charge in [0.2, 0.25) is 0 Å². The largest absolute Gasteiger partial charge is 0.508 e. The topological polar surface area (TPSA) is 57.5 Å². The van der Waals surface area contributed by atoms with E-state index in [2.05, 4.69) is 0 Å². The van der Waals surface area contributed by atoms with Gasteiger partial charge in [0.25, 0.3) is 0 Å². The molecule has 0 aliphatic rings. The van der Waals surface area contributed by atoms with Crippen LogP contribution in [-0.2, 0) is 4.57 Å². The van der Waals surface area contributed by atoms with Crippen molar-refractivity contribution in [1.29, 1.82) is 0 Å². The number of rotatable bonds is 0. The predicted molar refractivity (Wildman–Crippen MR) is 38.8 cm³/mol. The molecule has 0 fully saturated rings. The summed E-state index contributed by atoms with van der Waals surface area (Å²) in [6.07, 6.45) is 0. The van der Waals surface area contributed by atoms with Crippen LogP contribution in [0, 0.1) is 0 Å². The monoisotopic (exact) mass is 158 g/mol. The van der Waals surface area contributed by atoms with Crippen molar-refractivity contribution in [3.63, 3.8) is 0 Å². The Kier molecular flexibility index (Phi) is 4.25. The molecule has 0 aromatic heterocycles. The van der Waals surface area contributed by atoms with Gasteiger partial charge in [-0.1, -0.05) is 0 Å². The first-order valence-corrected chi connectivity index (χ1v) is 2.88. The first kappa shape index (κ1) is 8.92. The summed E-state index contributed by atoms with van der Waals surface area (Å²) < 4.78 is 8.06. The highest BCUT2D eigenvalue weighted by atomic mass is 31.0. The van der Waals surface area contributed by atoms with Crippen LogP contribution >= 0.6 is 9.12 Å². The molecular formula is C6H7O3P. The Labute approximate surface area is 60.6 Å². The van der Waals surface area contributed by atoms with Crippen LogP contribution in [0.3, 0.4) is 0 Å². The lowest BCUT2D eigenvalue weighted by molar-refractivity contribution is 0.460. The zero-order valence-corrected chi connectivity index (χ0v) is 6.11. The summed E-state index contributed by atoms with van der Waals surface area (Å²) in [7, 11) is 1.72. The minimum absolute atomic E-state index is 0.169. The van der Waals surface area contributed by atoms with Gasteiger partial charge in [0.1, 0.15) is 20.6 Å². The Balaban J connectivity index is 0.000000371. The van der Waals surface area contributed by atoms with Crippen LogP contribution in [0.25, 0.3) is 0 Å². The summed E-state index contributed by atoms with van der Waals surface area (Å²) in [5.74, 6) is 0.339. The molecule has 10 heavy (non-hydrogen) atoms. The van der Waals surface area contributed by atoms with Crippen LogP contribution in [-0.4, -0.2) is 10.2 Å². The van der Waals surface area contributed by atoms with Crippen molar-refractivity contribution in [3.8, 4) is 11.5 Å². The predicted octanol–water partition coefficient (Wildman–Crippen LogP) is 1.57. The summed E-state index contributed by atoms with van der Waals surface area (Å²) >= 11 is 0. The molecule has 0 radical (unpaired) electrons. The maximum atomic E-state index is 8.65. The summed E-state index contributed by atoms with van der Waals surface area (Å²) in [4.78, 5) is 0. The number of aromatic hydroxyl groups is 2. The molecule has 0 saturated carbocycles. The lowest BCUT2D eigenvalue weighted by Crippen LogP contribution is -1.61. The van der Waals surface area contributed by atoms with Crippen LogP contribution in [0.2, 0.25) is 0 Å². The minimum Gasteiger partial charge on any atom is -0.508 e. The minimum atomic E-state index is 0.169. The zero-order chi connectivity index (χ0) is 7.98. The summed E-state index contributed by atoms with van der Waals surface area (Å²) in [5.41, 5.74) is 0. The van der Waals surface area contributed by atoms with Crippen molar-refractivity contribution in [2.45, 2.75) is 0 Å². The van der Waals surface area contributed by atoms with Gasteiger partial charge in [-0.25, -0.2) is 0 Å². The molecule has 2 N–H and O–H groups in total. The first-order chi connectivity index (χ1) is 4.79. The van der Waals surface area contributed by atoms with Crippen LogP contribution in [0.15, 0.2) is 24.3 Å². The second kappa shape index (κ2) is 4.77. The Morgan fingerprint density at radius 1 is 0.900 bits per heavy atom. The molecule has 0 atom stereocenters. The van der Waals surface area contributed by atoms with E-state index in [1.54, 1.807) is 9.12 Å². The number of phenols is 2. The average Bonchev–Trinajstić information content (AvgIpc) is 2.00. The lowest BCUT2D eigenvalue weighted by Gasteiger charge is -1.88. The molecule has 0 aliphatic heterocycles. The van der Waals surface area contributed by atoms with E-state index in [9.17, 15) is 0 Å². The fourth-order valence-corrected chi connectivity index (χ4v) is 0.453. The SMILES string of the molecule is O=P.Oc1ccc(O)cc1. The van der Waals surface area contributed by atoms with E-state index >= 15 is 0 Å². The van der Waals surface area contributed by atoms with Gasteiger partial charge in [0.15, 0.2) is 0 Å². The number of hydrogen-bond donors (Lipinski definition) is 2. The highest BCUT2D eigenvalue weighted by Gasteiger charge is 1.84. The number of benzene rings is 1. The fourth-order valence-electron chi connectivity index (χ4n) is 0.453. The molecule has 0 spiro atoms. The van der Waals surface area contributed by atoms with Crippen LogP contribution in [0.1, 0.15) is 0 Å². The first-order valence-electron chi connectivity index (χ1n) is 2.47. The summed E-state index contributed by atoms with van der Waals surface area (Å²) in [6, 6.07) is 5.70. The van der Waals surface area contributed by atoms with Crippen LogP contribution in [0.4, 0.5) is 0 Å². The molecule has 1 aromatic carbocycles. The van der Waals surface area contributed by atoms with Crippen LogP contribution in [0.5, 0.6) is 11.5 Å². The van der Waals surface area contributed by atoms with Gasteiger partial charge in [-0.15, -0.1) is 0 Å². The standard InChI is InChI=1S/C6H6O2.HOP/c7-5-1-2-6(8)4-3-5;1-2/h1-4,7-8H;2H. The van der Waals surface area contributed by atoms with Gasteiger partial charge in [-0.3, -0.25) is 4.57 Å². The highest BCUT2D eigenvalue weighted by Crippen LogP contribution is 2.13. The van der Waals surface area contributed by atoms with Crippen molar-refractivity contribution in [1.82, 2.24) is 0 Å². The molecular weight excluding hydrogens is 151 g/mol. The maximum Gasteiger partial charge on any atom is 0.138 e. The smallest absolute Gasteiger partial charge is 0.138 e.